The molecule has 2 aromatic rings. The molecular weight excluding hydrogens is 376 g/mol. The van der Waals surface area contributed by atoms with Crippen LogP contribution in [0, 0.1) is 5.92 Å². The van der Waals surface area contributed by atoms with E-state index in [-0.39, 0.29) is 12.1 Å². The van der Waals surface area contributed by atoms with Crippen LogP contribution in [0.3, 0.4) is 0 Å². The third kappa shape index (κ3) is 5.75. The van der Waals surface area contributed by atoms with Gasteiger partial charge in [0.15, 0.2) is 0 Å². The Hall–Kier alpha value is -2.48. The molecule has 0 saturated heterocycles. The highest BCUT2D eigenvalue weighted by molar-refractivity contribution is 7.91. The standard InChI is InChI=1S/C19H21F2NO4S/c1-13(2)12-26-16-7-3-14(4-8-16)11-22-18(23)15-5-9-17(10-6-15)27(24,25)19(20)21/h3-10,13,19H,11-12H2,1-2H3,(H,22,23). The van der Waals surface area contributed by atoms with Gasteiger partial charge < -0.3 is 10.1 Å². The molecule has 0 fully saturated rings. The largest absolute Gasteiger partial charge is 0.493 e. The number of amides is 1. The number of carbonyl (C=O) groups is 1. The highest BCUT2D eigenvalue weighted by atomic mass is 32.2. The number of rotatable bonds is 8. The molecule has 2 rings (SSSR count). The number of carbonyl (C=O) groups excluding carboxylic acids is 1. The number of ether oxygens (including phenoxy) is 1. The van der Waals surface area contributed by atoms with E-state index < -0.39 is 26.4 Å². The van der Waals surface area contributed by atoms with Crippen molar-refractivity contribution < 1.29 is 26.7 Å². The summed E-state index contributed by atoms with van der Waals surface area (Å²) in [5, 5.41) is 2.69. The molecular formula is C19H21F2NO4S. The summed E-state index contributed by atoms with van der Waals surface area (Å²) in [6.07, 6.45) is 0. The Kier molecular flexibility index (Phi) is 6.90. The number of nitrogens with one attached hydrogen (secondary N) is 1. The van der Waals surface area contributed by atoms with Crippen LogP contribution in [-0.4, -0.2) is 26.7 Å². The summed E-state index contributed by atoms with van der Waals surface area (Å²) in [6.45, 7) is 4.99. The first-order valence-electron chi connectivity index (χ1n) is 8.32. The van der Waals surface area contributed by atoms with Crippen LogP contribution in [0.15, 0.2) is 53.4 Å². The van der Waals surface area contributed by atoms with Gasteiger partial charge in [-0.1, -0.05) is 26.0 Å². The summed E-state index contributed by atoms with van der Waals surface area (Å²) in [7, 11) is -4.67. The van der Waals surface area contributed by atoms with Gasteiger partial charge in [-0.3, -0.25) is 4.79 Å². The van der Waals surface area contributed by atoms with Gasteiger partial charge in [0.05, 0.1) is 11.5 Å². The van der Waals surface area contributed by atoms with Crippen molar-refractivity contribution in [1.29, 1.82) is 0 Å². The van der Waals surface area contributed by atoms with Gasteiger partial charge in [0, 0.05) is 12.1 Å². The molecule has 0 unspecified atom stereocenters. The molecule has 1 amide bonds. The van der Waals surface area contributed by atoms with Crippen molar-refractivity contribution in [2.45, 2.75) is 31.0 Å². The van der Waals surface area contributed by atoms with E-state index in [1.165, 1.54) is 12.1 Å². The first-order chi connectivity index (χ1) is 12.7. The molecule has 0 aliphatic heterocycles. The lowest BCUT2D eigenvalue weighted by Crippen LogP contribution is -2.22. The van der Waals surface area contributed by atoms with Crippen molar-refractivity contribution in [3.05, 3.63) is 59.7 Å². The van der Waals surface area contributed by atoms with Gasteiger partial charge in [-0.25, -0.2) is 8.42 Å². The van der Waals surface area contributed by atoms with Gasteiger partial charge in [-0.15, -0.1) is 0 Å². The van der Waals surface area contributed by atoms with E-state index in [2.05, 4.69) is 19.2 Å². The third-order valence-corrected chi connectivity index (χ3v) is 5.04. The second-order valence-electron chi connectivity index (χ2n) is 6.36. The zero-order valence-corrected chi connectivity index (χ0v) is 15.8. The van der Waals surface area contributed by atoms with E-state index >= 15 is 0 Å². The van der Waals surface area contributed by atoms with Crippen LogP contribution in [0.25, 0.3) is 0 Å². The molecule has 0 bridgehead atoms. The highest BCUT2D eigenvalue weighted by Gasteiger charge is 2.26. The van der Waals surface area contributed by atoms with E-state index in [1.54, 1.807) is 0 Å². The van der Waals surface area contributed by atoms with Crippen molar-refractivity contribution in [1.82, 2.24) is 5.32 Å². The van der Waals surface area contributed by atoms with E-state index in [0.717, 1.165) is 23.4 Å². The smallest absolute Gasteiger partial charge is 0.341 e. The maximum Gasteiger partial charge on any atom is 0.341 e. The van der Waals surface area contributed by atoms with Crippen molar-refractivity contribution in [3.63, 3.8) is 0 Å². The Morgan fingerprint density at radius 3 is 2.15 bits per heavy atom. The number of alkyl halides is 2. The fraction of sp³-hybridized carbons (Fsp3) is 0.316. The first-order valence-corrected chi connectivity index (χ1v) is 9.87. The Bertz CT molecular complexity index is 864. The van der Waals surface area contributed by atoms with E-state index in [1.807, 2.05) is 24.3 Å². The van der Waals surface area contributed by atoms with Gasteiger partial charge in [-0.05, 0) is 47.9 Å². The molecule has 0 aliphatic carbocycles. The molecule has 0 spiro atoms. The van der Waals surface area contributed by atoms with E-state index in [0.29, 0.717) is 12.5 Å². The number of benzene rings is 2. The summed E-state index contributed by atoms with van der Waals surface area (Å²) < 4.78 is 53.3. The van der Waals surface area contributed by atoms with Crippen LogP contribution < -0.4 is 10.1 Å². The number of sulfone groups is 1. The minimum Gasteiger partial charge on any atom is -0.493 e. The average molecular weight is 397 g/mol. The second kappa shape index (κ2) is 8.94. The van der Waals surface area contributed by atoms with Crippen LogP contribution >= 0.6 is 0 Å². The average Bonchev–Trinajstić information content (AvgIpc) is 2.65. The van der Waals surface area contributed by atoms with Crippen LogP contribution in [0.2, 0.25) is 0 Å². The van der Waals surface area contributed by atoms with Crippen LogP contribution in [0.4, 0.5) is 8.78 Å². The van der Waals surface area contributed by atoms with Crippen LogP contribution in [0.1, 0.15) is 29.8 Å². The van der Waals surface area contributed by atoms with Crippen molar-refractivity contribution in [2.75, 3.05) is 6.61 Å². The number of hydrogen-bond donors (Lipinski definition) is 1. The third-order valence-electron chi connectivity index (χ3n) is 3.64. The molecule has 0 heterocycles. The minimum absolute atomic E-state index is 0.181. The first kappa shape index (κ1) is 20.8. The Labute approximate surface area is 157 Å². The zero-order chi connectivity index (χ0) is 20.0. The van der Waals surface area contributed by atoms with Gasteiger partial charge in [0.2, 0.25) is 9.84 Å². The molecule has 0 aromatic heterocycles. The lowest BCUT2D eigenvalue weighted by molar-refractivity contribution is 0.0951. The molecule has 0 radical (unpaired) electrons. The zero-order valence-electron chi connectivity index (χ0n) is 15.0. The van der Waals surface area contributed by atoms with Gasteiger partial charge in [0.25, 0.3) is 5.91 Å². The maximum atomic E-state index is 12.5. The molecule has 27 heavy (non-hydrogen) atoms. The van der Waals surface area contributed by atoms with E-state index in [4.69, 9.17) is 4.74 Å². The number of hydrogen-bond acceptors (Lipinski definition) is 4. The fourth-order valence-electron chi connectivity index (χ4n) is 2.15. The molecule has 5 nitrogen and oxygen atoms in total. The lowest BCUT2D eigenvalue weighted by Gasteiger charge is -2.10. The summed E-state index contributed by atoms with van der Waals surface area (Å²) in [5.41, 5.74) is 1.04. The molecule has 2 aromatic carbocycles. The highest BCUT2D eigenvalue weighted by Crippen LogP contribution is 2.19. The van der Waals surface area contributed by atoms with Crippen molar-refractivity contribution in [3.8, 4) is 5.75 Å². The Balaban J connectivity index is 1.94. The van der Waals surface area contributed by atoms with Crippen LogP contribution in [0.5, 0.6) is 5.75 Å². The quantitative estimate of drug-likeness (QED) is 0.738. The normalized spacial score (nSPS) is 11.6. The molecule has 0 atom stereocenters. The minimum atomic E-state index is -4.67. The lowest BCUT2D eigenvalue weighted by atomic mass is 10.2. The summed E-state index contributed by atoms with van der Waals surface area (Å²) >= 11 is 0. The molecule has 0 aliphatic rings. The van der Waals surface area contributed by atoms with Gasteiger partial charge >= 0.3 is 5.76 Å². The molecule has 146 valence electrons. The molecule has 0 saturated carbocycles. The van der Waals surface area contributed by atoms with Crippen molar-refractivity contribution in [2.24, 2.45) is 5.92 Å². The summed E-state index contributed by atoms with van der Waals surface area (Å²) in [4.78, 5) is 11.6. The SMILES string of the molecule is CC(C)COc1ccc(CNC(=O)c2ccc(S(=O)(=O)C(F)F)cc2)cc1. The maximum absolute atomic E-state index is 12.5. The van der Waals surface area contributed by atoms with Crippen molar-refractivity contribution >= 4 is 15.7 Å². The topological polar surface area (TPSA) is 72.5 Å². The fourth-order valence-corrected chi connectivity index (χ4v) is 2.87. The second-order valence-corrected chi connectivity index (χ2v) is 8.28. The van der Waals surface area contributed by atoms with Gasteiger partial charge in [0.1, 0.15) is 5.75 Å². The molecule has 1 N–H and O–H groups in total. The predicted molar refractivity (Wildman–Crippen MR) is 97.6 cm³/mol. The van der Waals surface area contributed by atoms with E-state index in [9.17, 15) is 22.0 Å². The Morgan fingerprint density at radius 1 is 1.04 bits per heavy atom. The summed E-state index contributed by atoms with van der Waals surface area (Å²) in [6, 6.07) is 11.7. The predicted octanol–water partition coefficient (Wildman–Crippen LogP) is 3.65. The van der Waals surface area contributed by atoms with Gasteiger partial charge in [-0.2, -0.15) is 8.78 Å². The number of halogens is 2. The molecule has 8 heteroatoms. The summed E-state index contributed by atoms with van der Waals surface area (Å²) in [5.74, 6) is -2.76. The monoisotopic (exact) mass is 397 g/mol. The Morgan fingerprint density at radius 2 is 1.63 bits per heavy atom. The van der Waals surface area contributed by atoms with Crippen LogP contribution in [-0.2, 0) is 16.4 Å².